The van der Waals surface area contributed by atoms with E-state index in [0.29, 0.717) is 6.61 Å². The predicted octanol–water partition coefficient (Wildman–Crippen LogP) is -0.238. The molecule has 0 bridgehead atoms. The quantitative estimate of drug-likeness (QED) is 0.684. The summed E-state index contributed by atoms with van der Waals surface area (Å²) in [5.74, 6) is 0.0343. The number of ether oxygens (including phenoxy) is 1. The molecule has 0 saturated heterocycles. The van der Waals surface area contributed by atoms with E-state index < -0.39 is 10.0 Å². The SMILES string of the molecule is CC(C)OCCNS(=O)(=O)c1cnc(N)nc1. The smallest absolute Gasteiger partial charge is 0.243 e. The number of rotatable bonds is 6. The van der Waals surface area contributed by atoms with Gasteiger partial charge in [-0.15, -0.1) is 0 Å². The van der Waals surface area contributed by atoms with Gasteiger partial charge in [-0.25, -0.2) is 23.1 Å². The molecule has 0 aliphatic heterocycles. The zero-order chi connectivity index (χ0) is 12.9. The zero-order valence-electron chi connectivity index (χ0n) is 9.75. The van der Waals surface area contributed by atoms with Crippen LogP contribution in [0.5, 0.6) is 0 Å². The molecule has 1 heterocycles. The second-order valence-electron chi connectivity index (χ2n) is 3.59. The summed E-state index contributed by atoms with van der Waals surface area (Å²) in [4.78, 5) is 7.22. The third-order valence-corrected chi connectivity index (χ3v) is 3.22. The Bertz CT molecular complexity index is 444. The van der Waals surface area contributed by atoms with Gasteiger partial charge in [-0.3, -0.25) is 0 Å². The summed E-state index contributed by atoms with van der Waals surface area (Å²) >= 11 is 0. The fourth-order valence-electron chi connectivity index (χ4n) is 1.02. The molecule has 8 heteroatoms. The van der Waals surface area contributed by atoms with E-state index in [-0.39, 0.29) is 23.5 Å². The predicted molar refractivity (Wildman–Crippen MR) is 62.7 cm³/mol. The molecule has 0 aromatic carbocycles. The van der Waals surface area contributed by atoms with E-state index in [2.05, 4.69) is 14.7 Å². The van der Waals surface area contributed by atoms with Crippen LogP contribution in [0, 0.1) is 0 Å². The van der Waals surface area contributed by atoms with Crippen LogP contribution in [0.15, 0.2) is 17.3 Å². The van der Waals surface area contributed by atoms with Crippen molar-refractivity contribution in [3.8, 4) is 0 Å². The van der Waals surface area contributed by atoms with E-state index in [1.807, 2.05) is 13.8 Å². The minimum absolute atomic E-state index is 0.0174. The van der Waals surface area contributed by atoms with Gasteiger partial charge in [-0.2, -0.15) is 0 Å². The molecule has 0 fully saturated rings. The van der Waals surface area contributed by atoms with Crippen molar-refractivity contribution in [2.75, 3.05) is 18.9 Å². The van der Waals surface area contributed by atoms with Crippen molar-refractivity contribution in [2.45, 2.75) is 24.8 Å². The maximum atomic E-state index is 11.7. The van der Waals surface area contributed by atoms with Crippen LogP contribution < -0.4 is 10.5 Å². The molecule has 7 nitrogen and oxygen atoms in total. The van der Waals surface area contributed by atoms with E-state index in [9.17, 15) is 8.42 Å². The monoisotopic (exact) mass is 260 g/mol. The number of sulfonamides is 1. The normalized spacial score (nSPS) is 11.9. The Morgan fingerprint density at radius 3 is 2.53 bits per heavy atom. The Hall–Kier alpha value is -1.25. The molecule has 3 N–H and O–H groups in total. The van der Waals surface area contributed by atoms with Crippen molar-refractivity contribution in [1.29, 1.82) is 0 Å². The van der Waals surface area contributed by atoms with Crippen LogP contribution in [0.2, 0.25) is 0 Å². The van der Waals surface area contributed by atoms with Crippen LogP contribution in [0.1, 0.15) is 13.8 Å². The standard InChI is InChI=1S/C9H16N4O3S/c1-7(2)16-4-3-13-17(14,15)8-5-11-9(10)12-6-8/h5-7,13H,3-4H2,1-2H3,(H2,10,11,12). The number of anilines is 1. The van der Waals surface area contributed by atoms with Gasteiger partial charge in [-0.05, 0) is 13.8 Å². The highest BCUT2D eigenvalue weighted by Crippen LogP contribution is 2.05. The fourth-order valence-corrected chi connectivity index (χ4v) is 1.92. The summed E-state index contributed by atoms with van der Waals surface area (Å²) in [6.45, 7) is 4.27. The molecule has 0 saturated carbocycles. The van der Waals surface area contributed by atoms with Gasteiger partial charge in [-0.1, -0.05) is 0 Å². The van der Waals surface area contributed by atoms with Gasteiger partial charge >= 0.3 is 0 Å². The summed E-state index contributed by atoms with van der Waals surface area (Å²) in [6, 6.07) is 0. The second kappa shape index (κ2) is 5.89. The van der Waals surface area contributed by atoms with Crippen LogP contribution in [0.25, 0.3) is 0 Å². The van der Waals surface area contributed by atoms with Gasteiger partial charge in [0.1, 0.15) is 4.90 Å². The van der Waals surface area contributed by atoms with Crippen LogP contribution in [-0.4, -0.2) is 37.6 Å². The number of nitrogens with one attached hydrogen (secondary N) is 1. The first-order valence-corrected chi connectivity index (χ1v) is 6.59. The maximum absolute atomic E-state index is 11.7. The Balaban J connectivity index is 2.54. The van der Waals surface area contributed by atoms with E-state index in [1.54, 1.807) is 0 Å². The van der Waals surface area contributed by atoms with Crippen molar-refractivity contribution in [3.63, 3.8) is 0 Å². The third-order valence-electron chi connectivity index (χ3n) is 1.80. The number of nitrogens with two attached hydrogens (primary N) is 1. The molecule has 0 amide bonds. The van der Waals surface area contributed by atoms with Crippen molar-refractivity contribution in [3.05, 3.63) is 12.4 Å². The Labute approximate surface area is 100 Å². The largest absolute Gasteiger partial charge is 0.377 e. The molecule has 17 heavy (non-hydrogen) atoms. The van der Waals surface area contributed by atoms with Gasteiger partial charge in [0.25, 0.3) is 0 Å². The molecule has 0 unspecified atom stereocenters. The number of hydrogen-bond donors (Lipinski definition) is 2. The van der Waals surface area contributed by atoms with Gasteiger partial charge in [0.05, 0.1) is 25.1 Å². The molecular formula is C9H16N4O3S. The van der Waals surface area contributed by atoms with Gasteiger partial charge < -0.3 is 10.5 Å². The minimum Gasteiger partial charge on any atom is -0.377 e. The first-order chi connectivity index (χ1) is 7.92. The second-order valence-corrected chi connectivity index (χ2v) is 5.36. The summed E-state index contributed by atoms with van der Waals surface area (Å²) in [7, 11) is -3.59. The van der Waals surface area contributed by atoms with Crippen LogP contribution in [0.4, 0.5) is 5.95 Å². The van der Waals surface area contributed by atoms with Crippen molar-refractivity contribution in [1.82, 2.24) is 14.7 Å². The summed E-state index contributed by atoms with van der Waals surface area (Å²) in [5, 5.41) is 0. The van der Waals surface area contributed by atoms with E-state index in [1.165, 1.54) is 0 Å². The lowest BCUT2D eigenvalue weighted by atomic mass is 10.5. The molecule has 0 aliphatic carbocycles. The minimum atomic E-state index is -3.59. The number of nitrogen functional groups attached to an aromatic ring is 1. The third kappa shape index (κ3) is 4.63. The molecule has 0 radical (unpaired) electrons. The van der Waals surface area contributed by atoms with Crippen molar-refractivity contribution in [2.24, 2.45) is 0 Å². The highest BCUT2D eigenvalue weighted by Gasteiger charge is 2.14. The van der Waals surface area contributed by atoms with E-state index in [4.69, 9.17) is 10.5 Å². The van der Waals surface area contributed by atoms with Crippen LogP contribution in [0.3, 0.4) is 0 Å². The maximum Gasteiger partial charge on any atom is 0.243 e. The number of aromatic nitrogens is 2. The number of nitrogens with zero attached hydrogens (tertiary/aromatic N) is 2. The lowest BCUT2D eigenvalue weighted by Gasteiger charge is -2.08. The van der Waals surface area contributed by atoms with E-state index >= 15 is 0 Å². The van der Waals surface area contributed by atoms with Gasteiger partial charge in [0.2, 0.25) is 16.0 Å². The first-order valence-electron chi connectivity index (χ1n) is 5.10. The summed E-state index contributed by atoms with van der Waals surface area (Å²) < 4.78 is 31.0. The molecule has 1 rings (SSSR count). The fraction of sp³-hybridized carbons (Fsp3) is 0.556. The summed E-state index contributed by atoms with van der Waals surface area (Å²) in [5.41, 5.74) is 5.27. The van der Waals surface area contributed by atoms with Crippen molar-refractivity contribution < 1.29 is 13.2 Å². The van der Waals surface area contributed by atoms with E-state index in [0.717, 1.165) is 12.4 Å². The first kappa shape index (κ1) is 13.8. The lowest BCUT2D eigenvalue weighted by molar-refractivity contribution is 0.0834. The average Bonchev–Trinajstić information content (AvgIpc) is 2.25. The van der Waals surface area contributed by atoms with Gasteiger partial charge in [0.15, 0.2) is 0 Å². The Morgan fingerprint density at radius 2 is 2.00 bits per heavy atom. The molecular weight excluding hydrogens is 244 g/mol. The lowest BCUT2D eigenvalue weighted by Crippen LogP contribution is -2.28. The summed E-state index contributed by atoms with van der Waals surface area (Å²) in [6.07, 6.45) is 2.39. The molecule has 1 aromatic heterocycles. The Morgan fingerprint density at radius 1 is 1.41 bits per heavy atom. The molecule has 1 aromatic rings. The van der Waals surface area contributed by atoms with Gasteiger partial charge in [0, 0.05) is 6.54 Å². The molecule has 0 atom stereocenters. The van der Waals surface area contributed by atoms with Crippen molar-refractivity contribution >= 4 is 16.0 Å². The average molecular weight is 260 g/mol. The topological polar surface area (TPSA) is 107 Å². The molecule has 96 valence electrons. The highest BCUT2D eigenvalue weighted by atomic mass is 32.2. The number of hydrogen-bond acceptors (Lipinski definition) is 6. The molecule has 0 spiro atoms. The highest BCUT2D eigenvalue weighted by molar-refractivity contribution is 7.89. The van der Waals surface area contributed by atoms with Crippen LogP contribution in [-0.2, 0) is 14.8 Å². The Kier molecular flexibility index (Phi) is 4.79. The molecule has 0 aliphatic rings. The zero-order valence-corrected chi connectivity index (χ0v) is 10.6. The van der Waals surface area contributed by atoms with Crippen LogP contribution >= 0.6 is 0 Å².